The van der Waals surface area contributed by atoms with Crippen LogP contribution in [0.15, 0.2) is 52.0 Å². The maximum atomic E-state index is 12.5. The van der Waals surface area contributed by atoms with Crippen LogP contribution < -0.4 is 10.1 Å². The lowest BCUT2D eigenvalue weighted by molar-refractivity contribution is 0.0524. The van der Waals surface area contributed by atoms with Crippen molar-refractivity contribution in [2.75, 3.05) is 19.0 Å². The van der Waals surface area contributed by atoms with Gasteiger partial charge in [0.2, 0.25) is 5.88 Å². The number of allylic oxidation sites excluding steroid dienone is 1. The van der Waals surface area contributed by atoms with E-state index in [0.29, 0.717) is 22.8 Å². The zero-order valence-electron chi connectivity index (χ0n) is 16.4. The van der Waals surface area contributed by atoms with Crippen molar-refractivity contribution < 1.29 is 23.8 Å². The fraction of sp³-hybridized carbons (Fsp3) is 0.136. The highest BCUT2D eigenvalue weighted by Gasteiger charge is 2.27. The molecule has 8 nitrogen and oxygen atoms in total. The molecule has 0 unspecified atom stereocenters. The topological polar surface area (TPSA) is 106 Å². The van der Waals surface area contributed by atoms with Gasteiger partial charge in [-0.2, -0.15) is 0 Å². The van der Waals surface area contributed by atoms with Crippen LogP contribution in [0.3, 0.4) is 0 Å². The van der Waals surface area contributed by atoms with Gasteiger partial charge in [-0.1, -0.05) is 0 Å². The highest BCUT2D eigenvalue weighted by Crippen LogP contribution is 2.39. The number of aliphatic imine (C=N–C) groups is 1. The number of carbonyl (C=O) groups excluding carboxylic acids is 1. The number of benzene rings is 1. The molecule has 4 rings (SSSR count). The molecule has 0 fully saturated rings. The molecule has 2 N–H and O–H groups in total. The van der Waals surface area contributed by atoms with Crippen LogP contribution in [0.2, 0.25) is 0 Å². The smallest absolute Gasteiger partial charge is 0.347 e. The minimum Gasteiger partial charge on any atom is -0.504 e. The van der Waals surface area contributed by atoms with Crippen molar-refractivity contribution >= 4 is 41.2 Å². The summed E-state index contributed by atoms with van der Waals surface area (Å²) in [5.41, 5.74) is 2.07. The third-order valence-corrected chi connectivity index (χ3v) is 4.45. The molecule has 2 aromatic heterocycles. The number of esters is 1. The van der Waals surface area contributed by atoms with Crippen molar-refractivity contribution in [3.63, 3.8) is 0 Å². The Morgan fingerprint density at radius 3 is 2.80 bits per heavy atom. The normalized spacial score (nSPS) is 13.3. The first-order valence-corrected chi connectivity index (χ1v) is 9.25. The van der Waals surface area contributed by atoms with Crippen LogP contribution in [0.25, 0.3) is 11.6 Å². The summed E-state index contributed by atoms with van der Waals surface area (Å²) >= 11 is 0. The Balaban J connectivity index is 1.73. The van der Waals surface area contributed by atoms with Crippen molar-refractivity contribution in [3.05, 3.63) is 59.5 Å². The van der Waals surface area contributed by atoms with E-state index in [-0.39, 0.29) is 29.6 Å². The summed E-state index contributed by atoms with van der Waals surface area (Å²) in [4.78, 5) is 20.9. The third-order valence-electron chi connectivity index (χ3n) is 4.45. The Labute approximate surface area is 172 Å². The van der Waals surface area contributed by atoms with Crippen LogP contribution >= 0.6 is 0 Å². The Hall–Kier alpha value is -4.07. The Morgan fingerprint density at radius 1 is 1.27 bits per heavy atom. The van der Waals surface area contributed by atoms with Crippen LogP contribution in [-0.4, -0.2) is 36.0 Å². The number of nitrogens with one attached hydrogen (secondary N) is 1. The summed E-state index contributed by atoms with van der Waals surface area (Å²) in [5, 5.41) is 13.7. The van der Waals surface area contributed by atoms with Crippen molar-refractivity contribution in [2.45, 2.75) is 6.92 Å². The Morgan fingerprint density at radius 2 is 2.07 bits per heavy atom. The zero-order chi connectivity index (χ0) is 21.1. The van der Waals surface area contributed by atoms with Gasteiger partial charge in [0.25, 0.3) is 0 Å². The van der Waals surface area contributed by atoms with E-state index in [2.05, 4.69) is 15.3 Å². The Bertz CT molecular complexity index is 1150. The van der Waals surface area contributed by atoms with Crippen molar-refractivity contribution in [1.29, 1.82) is 0 Å². The van der Waals surface area contributed by atoms with Gasteiger partial charge in [-0.05, 0) is 49.4 Å². The number of hydrogen-bond donors (Lipinski definition) is 2. The minimum absolute atomic E-state index is 0.0734. The van der Waals surface area contributed by atoms with E-state index >= 15 is 0 Å². The summed E-state index contributed by atoms with van der Waals surface area (Å²) in [6.07, 6.45) is 4.88. The molecule has 0 saturated heterocycles. The molecule has 0 saturated carbocycles. The van der Waals surface area contributed by atoms with Gasteiger partial charge < -0.3 is 24.3 Å². The molecule has 8 heteroatoms. The second kappa shape index (κ2) is 8.12. The number of hydrogen-bond acceptors (Lipinski definition) is 8. The SMILES string of the molecule is CCOC(=O)c1c(Nc2ccc(OC)cc2)oc(/C=C2\C=Nc3ncccc32)c1O. The number of anilines is 2. The van der Waals surface area contributed by atoms with Crippen molar-refractivity contribution in [1.82, 2.24) is 4.98 Å². The Kier molecular flexibility index (Phi) is 5.21. The number of methoxy groups -OCH3 is 1. The summed E-state index contributed by atoms with van der Waals surface area (Å²) in [6, 6.07) is 10.7. The molecule has 30 heavy (non-hydrogen) atoms. The van der Waals surface area contributed by atoms with Gasteiger partial charge in [0.15, 0.2) is 22.9 Å². The standard InChI is InChI=1S/C22H19N3O5/c1-3-29-22(27)18-19(26)17(11-13-12-24-20-16(13)5-4-10-23-20)30-21(18)25-14-6-8-15(28-2)9-7-14/h4-12,25-26H,3H2,1-2H3/b13-11+. The highest BCUT2D eigenvalue weighted by molar-refractivity contribution is 6.21. The van der Waals surface area contributed by atoms with Crippen LogP contribution in [0.1, 0.15) is 28.6 Å². The van der Waals surface area contributed by atoms with Gasteiger partial charge in [0.05, 0.1) is 13.7 Å². The number of aromatic nitrogens is 1. The number of carbonyl (C=O) groups is 1. The quantitative estimate of drug-likeness (QED) is 0.579. The highest BCUT2D eigenvalue weighted by atomic mass is 16.5. The predicted octanol–water partition coefficient (Wildman–Crippen LogP) is 4.57. The number of ether oxygens (including phenoxy) is 2. The third kappa shape index (κ3) is 3.62. The maximum Gasteiger partial charge on any atom is 0.347 e. The fourth-order valence-corrected chi connectivity index (χ4v) is 3.01. The molecular weight excluding hydrogens is 386 g/mol. The number of nitrogens with zero attached hydrogens (tertiary/aromatic N) is 2. The first-order valence-electron chi connectivity index (χ1n) is 9.25. The van der Waals surface area contributed by atoms with Gasteiger partial charge in [-0.3, -0.25) is 0 Å². The number of aromatic hydroxyl groups is 1. The second-order valence-corrected chi connectivity index (χ2v) is 6.33. The van der Waals surface area contributed by atoms with Crippen LogP contribution in [-0.2, 0) is 4.74 Å². The van der Waals surface area contributed by atoms with E-state index < -0.39 is 5.97 Å². The van der Waals surface area contributed by atoms with Crippen molar-refractivity contribution in [2.24, 2.45) is 4.99 Å². The lowest BCUT2D eigenvalue weighted by Gasteiger charge is -2.07. The minimum atomic E-state index is -0.693. The lowest BCUT2D eigenvalue weighted by atomic mass is 10.1. The summed E-state index contributed by atoms with van der Waals surface area (Å²) in [6.45, 7) is 1.85. The fourth-order valence-electron chi connectivity index (χ4n) is 3.01. The molecular formula is C22H19N3O5. The van der Waals surface area contributed by atoms with E-state index in [4.69, 9.17) is 13.9 Å². The van der Waals surface area contributed by atoms with Crippen molar-refractivity contribution in [3.8, 4) is 11.5 Å². The molecule has 1 aliphatic rings. The van der Waals surface area contributed by atoms with Gasteiger partial charge in [-0.15, -0.1) is 0 Å². The average molecular weight is 405 g/mol. The summed E-state index contributed by atoms with van der Waals surface area (Å²) in [5.74, 6) is 0.435. The molecule has 0 amide bonds. The molecule has 3 heterocycles. The number of fused-ring (bicyclic) bond motifs is 1. The van der Waals surface area contributed by atoms with Gasteiger partial charge in [0.1, 0.15) is 5.75 Å². The lowest BCUT2D eigenvalue weighted by Crippen LogP contribution is -2.06. The van der Waals surface area contributed by atoms with Crippen LogP contribution in [0.5, 0.6) is 11.5 Å². The molecule has 152 valence electrons. The monoisotopic (exact) mass is 405 g/mol. The molecule has 3 aromatic rings. The molecule has 0 bridgehead atoms. The number of pyridine rings is 1. The average Bonchev–Trinajstić information content (AvgIpc) is 3.30. The number of furan rings is 1. The molecule has 0 atom stereocenters. The molecule has 1 aromatic carbocycles. The molecule has 0 spiro atoms. The van der Waals surface area contributed by atoms with E-state index in [1.54, 1.807) is 62.9 Å². The molecule has 1 aliphatic heterocycles. The zero-order valence-corrected chi connectivity index (χ0v) is 16.4. The summed E-state index contributed by atoms with van der Waals surface area (Å²) < 4.78 is 16.0. The first kappa shape index (κ1) is 19.3. The first-order chi connectivity index (χ1) is 14.6. The maximum absolute atomic E-state index is 12.5. The molecule has 0 aliphatic carbocycles. The van der Waals surface area contributed by atoms with E-state index in [1.165, 1.54) is 0 Å². The summed E-state index contributed by atoms with van der Waals surface area (Å²) in [7, 11) is 1.58. The molecule has 0 radical (unpaired) electrons. The van der Waals surface area contributed by atoms with E-state index in [1.807, 2.05) is 6.07 Å². The predicted molar refractivity (Wildman–Crippen MR) is 113 cm³/mol. The van der Waals surface area contributed by atoms with Crippen LogP contribution in [0, 0.1) is 0 Å². The van der Waals surface area contributed by atoms with E-state index in [0.717, 1.165) is 5.56 Å². The van der Waals surface area contributed by atoms with Crippen LogP contribution in [0.4, 0.5) is 17.4 Å². The second-order valence-electron chi connectivity index (χ2n) is 6.33. The van der Waals surface area contributed by atoms with E-state index in [9.17, 15) is 9.90 Å². The number of rotatable bonds is 6. The van der Waals surface area contributed by atoms with Gasteiger partial charge in [-0.25, -0.2) is 14.8 Å². The largest absolute Gasteiger partial charge is 0.504 e. The van der Waals surface area contributed by atoms with Gasteiger partial charge in [0, 0.05) is 29.2 Å². The van der Waals surface area contributed by atoms with Gasteiger partial charge >= 0.3 is 5.97 Å².